The van der Waals surface area contributed by atoms with E-state index in [0.717, 1.165) is 11.8 Å². The molecule has 0 radical (unpaired) electrons. The highest BCUT2D eigenvalue weighted by atomic mass is 16.3. The number of nitrogens with zero attached hydrogens (tertiary/aromatic N) is 1. The Bertz CT molecular complexity index is 272. The standard InChI is InChI=1S/C10H11NO2/c12-8-4-7-10(11-13)9-5-2-1-3-6-9/h1-3,5-6,8,10H,4,7H2. The predicted molar refractivity (Wildman–Crippen MR) is 50.3 cm³/mol. The van der Waals surface area contributed by atoms with E-state index < -0.39 is 0 Å². The number of rotatable bonds is 5. The minimum absolute atomic E-state index is 0.380. The molecule has 0 fully saturated rings. The van der Waals surface area contributed by atoms with Crippen LogP contribution in [0.1, 0.15) is 24.4 Å². The smallest absolute Gasteiger partial charge is 0.120 e. The van der Waals surface area contributed by atoms with E-state index in [0.29, 0.717) is 12.8 Å². The second-order valence-electron chi connectivity index (χ2n) is 2.78. The molecule has 1 rings (SSSR count). The van der Waals surface area contributed by atoms with Crippen molar-refractivity contribution in [1.29, 1.82) is 0 Å². The van der Waals surface area contributed by atoms with Crippen molar-refractivity contribution in [2.24, 2.45) is 5.18 Å². The van der Waals surface area contributed by atoms with Crippen LogP contribution in [0, 0.1) is 4.91 Å². The first-order valence-corrected chi connectivity index (χ1v) is 4.19. The molecule has 0 aliphatic heterocycles. The molecule has 0 N–H and O–H groups in total. The molecule has 0 spiro atoms. The summed E-state index contributed by atoms with van der Waals surface area (Å²) in [5.74, 6) is 0. The van der Waals surface area contributed by atoms with Crippen LogP contribution in [0.25, 0.3) is 0 Å². The minimum atomic E-state index is -0.383. The van der Waals surface area contributed by atoms with Gasteiger partial charge in [-0.2, -0.15) is 4.91 Å². The molecule has 0 aliphatic rings. The topological polar surface area (TPSA) is 46.5 Å². The van der Waals surface area contributed by atoms with Crippen LogP contribution in [0.15, 0.2) is 35.5 Å². The maximum absolute atomic E-state index is 10.4. The molecule has 0 aromatic heterocycles. The number of nitroso groups, excluding NO2 is 1. The number of hydrogen-bond donors (Lipinski definition) is 0. The van der Waals surface area contributed by atoms with Crippen LogP contribution in [0.4, 0.5) is 0 Å². The summed E-state index contributed by atoms with van der Waals surface area (Å²) in [6.45, 7) is 0. The maximum Gasteiger partial charge on any atom is 0.120 e. The Labute approximate surface area is 76.7 Å². The molecule has 0 saturated heterocycles. The molecule has 0 bridgehead atoms. The normalized spacial score (nSPS) is 12.0. The fourth-order valence-electron chi connectivity index (χ4n) is 1.18. The SMILES string of the molecule is O=CCCC(N=O)c1ccccc1. The summed E-state index contributed by atoms with van der Waals surface area (Å²) in [6.07, 6.45) is 1.68. The van der Waals surface area contributed by atoms with Gasteiger partial charge in [0.25, 0.3) is 0 Å². The Morgan fingerprint density at radius 3 is 2.54 bits per heavy atom. The molecule has 0 saturated carbocycles. The first-order chi connectivity index (χ1) is 6.38. The number of carbonyl (C=O) groups excluding carboxylic acids is 1. The van der Waals surface area contributed by atoms with Crippen molar-refractivity contribution in [2.75, 3.05) is 0 Å². The summed E-state index contributed by atoms with van der Waals surface area (Å²) in [5.41, 5.74) is 0.874. The fourth-order valence-corrected chi connectivity index (χ4v) is 1.18. The number of hydrogen-bond acceptors (Lipinski definition) is 3. The summed E-state index contributed by atoms with van der Waals surface area (Å²) in [7, 11) is 0. The van der Waals surface area contributed by atoms with E-state index in [-0.39, 0.29) is 6.04 Å². The highest BCUT2D eigenvalue weighted by Gasteiger charge is 2.09. The lowest BCUT2D eigenvalue weighted by atomic mass is 10.0. The first-order valence-electron chi connectivity index (χ1n) is 4.19. The minimum Gasteiger partial charge on any atom is -0.303 e. The zero-order valence-electron chi connectivity index (χ0n) is 7.22. The van der Waals surface area contributed by atoms with Crippen molar-refractivity contribution in [3.05, 3.63) is 40.8 Å². The van der Waals surface area contributed by atoms with Gasteiger partial charge >= 0.3 is 0 Å². The molecule has 3 nitrogen and oxygen atoms in total. The van der Waals surface area contributed by atoms with Gasteiger partial charge in [-0.25, -0.2) is 0 Å². The van der Waals surface area contributed by atoms with Crippen molar-refractivity contribution >= 4 is 6.29 Å². The van der Waals surface area contributed by atoms with E-state index in [1.54, 1.807) is 0 Å². The second kappa shape index (κ2) is 5.19. The average Bonchev–Trinajstić information content (AvgIpc) is 2.21. The summed E-state index contributed by atoms with van der Waals surface area (Å²) in [6, 6.07) is 8.90. The number of carbonyl (C=O) groups is 1. The van der Waals surface area contributed by atoms with Gasteiger partial charge in [0.15, 0.2) is 0 Å². The molecule has 13 heavy (non-hydrogen) atoms. The average molecular weight is 177 g/mol. The highest BCUT2D eigenvalue weighted by molar-refractivity contribution is 5.49. The van der Waals surface area contributed by atoms with E-state index in [1.165, 1.54) is 0 Å². The van der Waals surface area contributed by atoms with Crippen molar-refractivity contribution in [3.8, 4) is 0 Å². The molecule has 0 amide bonds. The zero-order valence-corrected chi connectivity index (χ0v) is 7.22. The first kappa shape index (κ1) is 9.58. The summed E-state index contributed by atoms with van der Waals surface area (Å²) in [4.78, 5) is 20.6. The lowest BCUT2D eigenvalue weighted by Crippen LogP contribution is -1.94. The van der Waals surface area contributed by atoms with Crippen LogP contribution < -0.4 is 0 Å². The molecule has 1 unspecified atom stereocenters. The van der Waals surface area contributed by atoms with E-state index in [2.05, 4.69) is 5.18 Å². The van der Waals surface area contributed by atoms with Gasteiger partial charge in [0.2, 0.25) is 0 Å². The van der Waals surface area contributed by atoms with E-state index in [1.807, 2.05) is 30.3 Å². The van der Waals surface area contributed by atoms with E-state index >= 15 is 0 Å². The highest BCUT2D eigenvalue weighted by Crippen LogP contribution is 2.21. The Balaban J connectivity index is 2.66. The molecule has 3 heteroatoms. The summed E-state index contributed by atoms with van der Waals surface area (Å²) in [5, 5.41) is 2.99. The van der Waals surface area contributed by atoms with Gasteiger partial charge in [-0.1, -0.05) is 35.5 Å². The monoisotopic (exact) mass is 177 g/mol. The Morgan fingerprint density at radius 2 is 2.00 bits per heavy atom. The summed E-state index contributed by atoms with van der Waals surface area (Å²) >= 11 is 0. The molecule has 1 atom stereocenters. The molecule has 1 aromatic carbocycles. The molecule has 0 heterocycles. The lowest BCUT2D eigenvalue weighted by Gasteiger charge is -2.05. The molecule has 1 aromatic rings. The van der Waals surface area contributed by atoms with Crippen LogP contribution in [-0.4, -0.2) is 6.29 Å². The van der Waals surface area contributed by atoms with Gasteiger partial charge in [0, 0.05) is 6.42 Å². The summed E-state index contributed by atoms with van der Waals surface area (Å²) < 4.78 is 0. The molecular formula is C10H11NO2. The van der Waals surface area contributed by atoms with Crippen molar-refractivity contribution in [3.63, 3.8) is 0 Å². The van der Waals surface area contributed by atoms with Crippen LogP contribution in [0.3, 0.4) is 0 Å². The van der Waals surface area contributed by atoms with Crippen molar-refractivity contribution in [2.45, 2.75) is 18.9 Å². The molecular weight excluding hydrogens is 166 g/mol. The zero-order chi connectivity index (χ0) is 9.52. The van der Waals surface area contributed by atoms with Gasteiger partial charge in [-0.15, -0.1) is 0 Å². The van der Waals surface area contributed by atoms with E-state index in [4.69, 9.17) is 0 Å². The molecule has 0 aliphatic carbocycles. The van der Waals surface area contributed by atoms with E-state index in [9.17, 15) is 9.70 Å². The second-order valence-corrected chi connectivity index (χ2v) is 2.78. The third-order valence-electron chi connectivity index (χ3n) is 1.87. The quantitative estimate of drug-likeness (QED) is 0.512. The van der Waals surface area contributed by atoms with Gasteiger partial charge in [-0.3, -0.25) is 0 Å². The van der Waals surface area contributed by atoms with Gasteiger partial charge < -0.3 is 4.79 Å². The van der Waals surface area contributed by atoms with Crippen LogP contribution >= 0.6 is 0 Å². The third kappa shape index (κ3) is 2.78. The van der Waals surface area contributed by atoms with Crippen LogP contribution in [0.5, 0.6) is 0 Å². The van der Waals surface area contributed by atoms with Crippen molar-refractivity contribution in [1.82, 2.24) is 0 Å². The van der Waals surface area contributed by atoms with Gasteiger partial charge in [-0.05, 0) is 12.0 Å². The lowest BCUT2D eigenvalue weighted by molar-refractivity contribution is -0.108. The third-order valence-corrected chi connectivity index (χ3v) is 1.87. The fraction of sp³-hybridized carbons (Fsp3) is 0.300. The maximum atomic E-state index is 10.4. The van der Waals surface area contributed by atoms with Gasteiger partial charge in [0.1, 0.15) is 12.3 Å². The predicted octanol–water partition coefficient (Wildman–Crippen LogP) is 2.47. The Hall–Kier alpha value is -1.51. The number of benzene rings is 1. The van der Waals surface area contributed by atoms with Crippen LogP contribution in [-0.2, 0) is 4.79 Å². The van der Waals surface area contributed by atoms with Crippen molar-refractivity contribution < 1.29 is 4.79 Å². The Morgan fingerprint density at radius 1 is 1.31 bits per heavy atom. The molecule has 68 valence electrons. The Kier molecular flexibility index (Phi) is 3.82. The number of aldehydes is 1. The largest absolute Gasteiger partial charge is 0.303 e. The van der Waals surface area contributed by atoms with Gasteiger partial charge in [0.05, 0.1) is 0 Å². The van der Waals surface area contributed by atoms with Crippen LogP contribution in [0.2, 0.25) is 0 Å².